The SMILES string of the molecule is COC(=O)C1=C2c3ccccc3C(=O)N2C(C(=O)OC)C1. The average Bonchev–Trinajstić information content (AvgIpc) is 3.04. The molecule has 2 aliphatic heterocycles. The van der Waals surface area contributed by atoms with Crippen molar-refractivity contribution in [1.82, 2.24) is 4.90 Å². The molecule has 1 atom stereocenters. The Balaban J connectivity index is 2.18. The van der Waals surface area contributed by atoms with Gasteiger partial charge in [-0.05, 0) is 6.07 Å². The highest BCUT2D eigenvalue weighted by atomic mass is 16.5. The van der Waals surface area contributed by atoms with Gasteiger partial charge in [-0.2, -0.15) is 0 Å². The summed E-state index contributed by atoms with van der Waals surface area (Å²) in [5.41, 5.74) is 1.90. The van der Waals surface area contributed by atoms with Gasteiger partial charge in [0.15, 0.2) is 0 Å². The van der Waals surface area contributed by atoms with Crippen LogP contribution in [-0.4, -0.2) is 43.0 Å². The van der Waals surface area contributed by atoms with Crippen molar-refractivity contribution in [3.63, 3.8) is 0 Å². The van der Waals surface area contributed by atoms with Crippen LogP contribution < -0.4 is 0 Å². The smallest absolute Gasteiger partial charge is 0.335 e. The van der Waals surface area contributed by atoms with Crippen LogP contribution in [0.15, 0.2) is 29.8 Å². The molecule has 0 bridgehead atoms. The summed E-state index contributed by atoms with van der Waals surface area (Å²) in [6.45, 7) is 0. The number of esters is 2. The summed E-state index contributed by atoms with van der Waals surface area (Å²) in [5, 5.41) is 0. The van der Waals surface area contributed by atoms with Crippen molar-refractivity contribution < 1.29 is 23.9 Å². The van der Waals surface area contributed by atoms with E-state index >= 15 is 0 Å². The monoisotopic (exact) mass is 287 g/mol. The fourth-order valence-corrected chi connectivity index (χ4v) is 2.85. The maximum atomic E-state index is 12.5. The van der Waals surface area contributed by atoms with Gasteiger partial charge in [0, 0.05) is 17.5 Å². The van der Waals surface area contributed by atoms with E-state index in [-0.39, 0.29) is 12.3 Å². The topological polar surface area (TPSA) is 72.9 Å². The first kappa shape index (κ1) is 13.4. The molecule has 1 unspecified atom stereocenters. The van der Waals surface area contributed by atoms with E-state index in [0.717, 1.165) is 0 Å². The largest absolute Gasteiger partial charge is 0.467 e. The summed E-state index contributed by atoms with van der Waals surface area (Å²) in [6, 6.07) is 6.13. The molecule has 1 aromatic carbocycles. The molecule has 21 heavy (non-hydrogen) atoms. The van der Waals surface area contributed by atoms with Crippen LogP contribution in [0.3, 0.4) is 0 Å². The highest BCUT2D eigenvalue weighted by Gasteiger charge is 2.48. The standard InChI is InChI=1S/C15H13NO5/c1-20-14(18)10-7-11(15(19)21-2)16-12(10)8-5-3-4-6-9(8)13(16)17/h3-6,11H,7H2,1-2H3. The summed E-state index contributed by atoms with van der Waals surface area (Å²) in [6.07, 6.45) is 0.106. The maximum Gasteiger partial charge on any atom is 0.335 e. The molecule has 6 nitrogen and oxygen atoms in total. The maximum absolute atomic E-state index is 12.5. The molecule has 0 aromatic heterocycles. The Morgan fingerprint density at radius 3 is 2.43 bits per heavy atom. The summed E-state index contributed by atoms with van der Waals surface area (Å²) in [5.74, 6) is -1.38. The van der Waals surface area contributed by atoms with Gasteiger partial charge in [-0.1, -0.05) is 18.2 Å². The summed E-state index contributed by atoms with van der Waals surface area (Å²) < 4.78 is 9.51. The van der Waals surface area contributed by atoms with Gasteiger partial charge in [0.05, 0.1) is 25.5 Å². The van der Waals surface area contributed by atoms with E-state index in [1.54, 1.807) is 24.3 Å². The second-order valence-electron chi connectivity index (χ2n) is 4.78. The predicted octanol–water partition coefficient (Wildman–Crippen LogP) is 0.972. The summed E-state index contributed by atoms with van der Waals surface area (Å²) in [7, 11) is 2.53. The van der Waals surface area contributed by atoms with Crippen LogP contribution in [0.1, 0.15) is 22.3 Å². The average molecular weight is 287 g/mol. The third kappa shape index (κ3) is 1.75. The van der Waals surface area contributed by atoms with Crippen LogP contribution in [0.4, 0.5) is 0 Å². The number of benzene rings is 1. The first-order valence-electron chi connectivity index (χ1n) is 6.42. The van der Waals surface area contributed by atoms with E-state index in [1.807, 2.05) is 0 Å². The molecule has 0 radical (unpaired) electrons. The lowest BCUT2D eigenvalue weighted by Gasteiger charge is -2.19. The Kier molecular flexibility index (Phi) is 3.01. The van der Waals surface area contributed by atoms with Crippen LogP contribution >= 0.6 is 0 Å². The van der Waals surface area contributed by atoms with Crippen LogP contribution in [0.2, 0.25) is 0 Å². The molecule has 0 N–H and O–H groups in total. The van der Waals surface area contributed by atoms with Crippen molar-refractivity contribution in [1.29, 1.82) is 0 Å². The van der Waals surface area contributed by atoms with Crippen LogP contribution in [0, 0.1) is 0 Å². The number of rotatable bonds is 2. The van der Waals surface area contributed by atoms with E-state index in [4.69, 9.17) is 9.47 Å². The van der Waals surface area contributed by atoms with E-state index in [1.165, 1.54) is 19.1 Å². The highest BCUT2D eigenvalue weighted by molar-refractivity contribution is 6.16. The molecule has 0 saturated carbocycles. The third-order valence-electron chi connectivity index (χ3n) is 3.77. The molecule has 3 rings (SSSR count). The molecule has 2 aliphatic rings. The molecule has 1 amide bonds. The Morgan fingerprint density at radius 1 is 1.14 bits per heavy atom. The molecule has 0 spiro atoms. The first-order valence-corrected chi connectivity index (χ1v) is 6.42. The lowest BCUT2D eigenvalue weighted by Crippen LogP contribution is -2.38. The molecule has 0 aliphatic carbocycles. The van der Waals surface area contributed by atoms with Crippen molar-refractivity contribution in [2.45, 2.75) is 12.5 Å². The summed E-state index contributed by atoms with van der Waals surface area (Å²) >= 11 is 0. The number of fused-ring (bicyclic) bond motifs is 3. The number of methoxy groups -OCH3 is 2. The lowest BCUT2D eigenvalue weighted by atomic mass is 10.0. The van der Waals surface area contributed by atoms with Gasteiger partial charge >= 0.3 is 11.9 Å². The normalized spacial score (nSPS) is 19.4. The minimum atomic E-state index is -0.820. The number of hydrogen-bond donors (Lipinski definition) is 0. The number of ether oxygens (including phenoxy) is 2. The van der Waals surface area contributed by atoms with Crippen LogP contribution in [0.25, 0.3) is 5.70 Å². The van der Waals surface area contributed by atoms with Crippen molar-refractivity contribution >= 4 is 23.5 Å². The van der Waals surface area contributed by atoms with Crippen molar-refractivity contribution in [2.24, 2.45) is 0 Å². The van der Waals surface area contributed by atoms with E-state index in [2.05, 4.69) is 0 Å². The minimum absolute atomic E-state index is 0.106. The molecule has 0 fully saturated rings. The number of carbonyl (C=O) groups excluding carboxylic acids is 3. The van der Waals surface area contributed by atoms with Gasteiger partial charge < -0.3 is 9.47 Å². The number of amides is 1. The molecular formula is C15H13NO5. The Bertz CT molecular complexity index is 691. The lowest BCUT2D eigenvalue weighted by molar-refractivity contribution is -0.144. The highest BCUT2D eigenvalue weighted by Crippen LogP contribution is 2.43. The second kappa shape index (κ2) is 4.73. The van der Waals surface area contributed by atoms with Gasteiger partial charge in [-0.15, -0.1) is 0 Å². The Hall–Kier alpha value is -2.63. The van der Waals surface area contributed by atoms with Crippen LogP contribution in [0.5, 0.6) is 0 Å². The molecule has 0 saturated heterocycles. The quantitative estimate of drug-likeness (QED) is 0.758. The summed E-state index contributed by atoms with van der Waals surface area (Å²) in [4.78, 5) is 37.7. The zero-order chi connectivity index (χ0) is 15.1. The second-order valence-corrected chi connectivity index (χ2v) is 4.78. The molecule has 6 heteroatoms. The van der Waals surface area contributed by atoms with Gasteiger partial charge in [0.2, 0.25) is 0 Å². The number of carbonyl (C=O) groups is 3. The van der Waals surface area contributed by atoms with Gasteiger partial charge in [0.1, 0.15) is 6.04 Å². The Morgan fingerprint density at radius 2 is 1.81 bits per heavy atom. The van der Waals surface area contributed by atoms with Crippen molar-refractivity contribution in [2.75, 3.05) is 14.2 Å². The van der Waals surface area contributed by atoms with Gasteiger partial charge in [-0.3, -0.25) is 9.69 Å². The van der Waals surface area contributed by atoms with E-state index in [0.29, 0.717) is 22.4 Å². The molecule has 1 aromatic rings. The predicted molar refractivity (Wildman–Crippen MR) is 72.0 cm³/mol. The number of nitrogens with zero attached hydrogens (tertiary/aromatic N) is 1. The van der Waals surface area contributed by atoms with Gasteiger partial charge in [0.25, 0.3) is 5.91 Å². The molecule has 2 heterocycles. The first-order chi connectivity index (χ1) is 10.1. The molecule has 108 valence electrons. The van der Waals surface area contributed by atoms with Crippen molar-refractivity contribution in [3.05, 3.63) is 41.0 Å². The fraction of sp³-hybridized carbons (Fsp3) is 0.267. The number of hydrogen-bond acceptors (Lipinski definition) is 5. The zero-order valence-corrected chi connectivity index (χ0v) is 11.6. The minimum Gasteiger partial charge on any atom is -0.467 e. The molecular weight excluding hydrogens is 274 g/mol. The van der Waals surface area contributed by atoms with Crippen LogP contribution in [-0.2, 0) is 19.1 Å². The van der Waals surface area contributed by atoms with E-state index < -0.39 is 18.0 Å². The third-order valence-corrected chi connectivity index (χ3v) is 3.77. The van der Waals surface area contributed by atoms with Gasteiger partial charge in [-0.25, -0.2) is 9.59 Å². The Labute approximate surface area is 120 Å². The van der Waals surface area contributed by atoms with E-state index in [9.17, 15) is 14.4 Å². The zero-order valence-electron chi connectivity index (χ0n) is 11.6. The fourth-order valence-electron chi connectivity index (χ4n) is 2.85. The van der Waals surface area contributed by atoms with Crippen molar-refractivity contribution in [3.8, 4) is 0 Å².